The number of carboxylic acid groups (broad SMARTS) is 1. The Balaban J connectivity index is 2.09. The fourth-order valence-corrected chi connectivity index (χ4v) is 2.64. The smallest absolute Gasteiger partial charge is 0.347 e. The van der Waals surface area contributed by atoms with Crippen LogP contribution in [0.15, 0.2) is 36.7 Å². The summed E-state index contributed by atoms with van der Waals surface area (Å²) in [5, 5.41) is 8.90. The number of hydrogen-bond donors (Lipinski definition) is 1. The van der Waals surface area contributed by atoms with Crippen LogP contribution in [0, 0.1) is 6.92 Å². The minimum absolute atomic E-state index is 0.299. The first-order valence-corrected chi connectivity index (χ1v) is 6.24. The number of imidazole rings is 1. The number of aromatic nitrogens is 2. The largest absolute Gasteiger partial charge is 0.477 e. The molecule has 1 aromatic carbocycles. The third kappa shape index (κ3) is 1.78. The van der Waals surface area contributed by atoms with E-state index < -0.39 is 5.97 Å². The molecule has 2 heterocycles. The summed E-state index contributed by atoms with van der Waals surface area (Å²) in [6.07, 6.45) is 3.45. The SMILES string of the molecule is Cc1cccc(-c2cn3cc(C(=O)O)sc3n2)c1. The lowest BCUT2D eigenvalue weighted by atomic mass is 10.1. The third-order valence-corrected chi connectivity index (χ3v) is 3.67. The van der Waals surface area contributed by atoms with Gasteiger partial charge in [-0.2, -0.15) is 0 Å². The van der Waals surface area contributed by atoms with Crippen LogP contribution in [-0.2, 0) is 0 Å². The third-order valence-electron chi connectivity index (χ3n) is 2.68. The van der Waals surface area contributed by atoms with Crippen LogP contribution in [0.1, 0.15) is 15.2 Å². The van der Waals surface area contributed by atoms with Gasteiger partial charge in [0.25, 0.3) is 0 Å². The van der Waals surface area contributed by atoms with Gasteiger partial charge in [-0.25, -0.2) is 9.78 Å². The number of aromatic carboxylic acids is 1. The molecule has 0 unspecified atom stereocenters. The molecule has 0 saturated heterocycles. The molecule has 0 saturated carbocycles. The van der Waals surface area contributed by atoms with Gasteiger partial charge in [0.05, 0.1) is 5.69 Å². The van der Waals surface area contributed by atoms with Gasteiger partial charge in [-0.15, -0.1) is 0 Å². The minimum atomic E-state index is -0.914. The van der Waals surface area contributed by atoms with Gasteiger partial charge in [-0.05, 0) is 13.0 Å². The lowest BCUT2D eigenvalue weighted by Crippen LogP contribution is -1.90. The predicted octanol–water partition coefficient (Wildman–Crippen LogP) is 3.07. The van der Waals surface area contributed by atoms with Crippen LogP contribution in [0.25, 0.3) is 16.2 Å². The first-order chi connectivity index (χ1) is 8.63. The average Bonchev–Trinajstić information content (AvgIpc) is 2.86. The monoisotopic (exact) mass is 258 g/mol. The molecule has 18 heavy (non-hydrogen) atoms. The topological polar surface area (TPSA) is 54.6 Å². The Morgan fingerprint density at radius 2 is 2.22 bits per heavy atom. The maximum atomic E-state index is 10.8. The van der Waals surface area contributed by atoms with Gasteiger partial charge in [0.15, 0.2) is 4.96 Å². The van der Waals surface area contributed by atoms with E-state index in [1.165, 1.54) is 16.9 Å². The number of carboxylic acids is 1. The Labute approximate surface area is 107 Å². The summed E-state index contributed by atoms with van der Waals surface area (Å²) in [7, 11) is 0. The van der Waals surface area contributed by atoms with Gasteiger partial charge in [-0.3, -0.25) is 4.40 Å². The molecule has 1 N–H and O–H groups in total. The van der Waals surface area contributed by atoms with Crippen molar-refractivity contribution in [2.75, 3.05) is 0 Å². The summed E-state index contributed by atoms with van der Waals surface area (Å²) >= 11 is 1.18. The second kappa shape index (κ2) is 3.96. The molecule has 3 aromatic rings. The molecule has 0 radical (unpaired) electrons. The first-order valence-electron chi connectivity index (χ1n) is 5.42. The summed E-state index contributed by atoms with van der Waals surface area (Å²) in [6.45, 7) is 2.03. The quantitative estimate of drug-likeness (QED) is 0.768. The van der Waals surface area contributed by atoms with Crippen molar-refractivity contribution in [3.05, 3.63) is 47.1 Å². The molecule has 0 amide bonds. The van der Waals surface area contributed by atoms with Crippen LogP contribution in [0.5, 0.6) is 0 Å². The minimum Gasteiger partial charge on any atom is -0.477 e. The number of rotatable bonds is 2. The Hall–Kier alpha value is -2.14. The fourth-order valence-electron chi connectivity index (χ4n) is 1.84. The first kappa shape index (κ1) is 11.0. The van der Waals surface area contributed by atoms with E-state index in [1.54, 1.807) is 10.6 Å². The lowest BCUT2D eigenvalue weighted by Gasteiger charge is -1.97. The maximum absolute atomic E-state index is 10.8. The molecule has 0 fully saturated rings. The van der Waals surface area contributed by atoms with Gasteiger partial charge in [0.2, 0.25) is 0 Å². The molecular weight excluding hydrogens is 248 g/mol. The van der Waals surface area contributed by atoms with Gasteiger partial charge < -0.3 is 5.11 Å². The normalized spacial score (nSPS) is 10.9. The fraction of sp³-hybridized carbons (Fsp3) is 0.0769. The molecule has 90 valence electrons. The van der Waals surface area contributed by atoms with E-state index in [9.17, 15) is 4.79 Å². The Bertz CT molecular complexity index is 711. The Kier molecular flexibility index (Phi) is 2.41. The molecule has 0 aliphatic carbocycles. The van der Waals surface area contributed by atoms with E-state index in [0.717, 1.165) is 11.3 Å². The Morgan fingerprint density at radius 1 is 1.39 bits per heavy atom. The van der Waals surface area contributed by atoms with Crippen LogP contribution in [0.3, 0.4) is 0 Å². The van der Waals surface area contributed by atoms with Crippen LogP contribution < -0.4 is 0 Å². The number of aryl methyl sites for hydroxylation is 1. The molecule has 3 rings (SSSR count). The van der Waals surface area contributed by atoms with Gasteiger partial charge in [-0.1, -0.05) is 35.1 Å². The van der Waals surface area contributed by atoms with Crippen molar-refractivity contribution < 1.29 is 9.90 Å². The number of carbonyl (C=O) groups is 1. The average molecular weight is 258 g/mol. The Morgan fingerprint density at radius 3 is 2.89 bits per heavy atom. The van der Waals surface area contributed by atoms with Crippen molar-refractivity contribution >= 4 is 22.3 Å². The summed E-state index contributed by atoms with van der Waals surface area (Å²) in [4.78, 5) is 16.3. The second-order valence-corrected chi connectivity index (χ2v) is 5.10. The summed E-state index contributed by atoms with van der Waals surface area (Å²) in [6, 6.07) is 8.08. The van der Waals surface area contributed by atoms with Crippen LogP contribution in [0.2, 0.25) is 0 Å². The molecule has 0 spiro atoms. The highest BCUT2D eigenvalue weighted by Crippen LogP contribution is 2.24. The van der Waals surface area contributed by atoms with Crippen molar-refractivity contribution in [3.63, 3.8) is 0 Å². The lowest BCUT2D eigenvalue weighted by molar-refractivity contribution is 0.0702. The van der Waals surface area contributed by atoms with E-state index in [1.807, 2.05) is 31.3 Å². The molecule has 2 aromatic heterocycles. The zero-order valence-electron chi connectivity index (χ0n) is 9.62. The van der Waals surface area contributed by atoms with E-state index in [4.69, 9.17) is 5.11 Å². The van der Waals surface area contributed by atoms with Crippen molar-refractivity contribution in [2.45, 2.75) is 6.92 Å². The summed E-state index contributed by atoms with van der Waals surface area (Å²) in [5.41, 5.74) is 3.08. The van der Waals surface area contributed by atoms with Crippen molar-refractivity contribution in [1.82, 2.24) is 9.38 Å². The van der Waals surface area contributed by atoms with Crippen molar-refractivity contribution in [1.29, 1.82) is 0 Å². The molecule has 0 bridgehead atoms. The standard InChI is InChI=1S/C13H10N2O2S/c1-8-3-2-4-9(5-8)10-6-15-7-11(12(16)17)18-13(15)14-10/h2-7H,1H3,(H,16,17). The highest BCUT2D eigenvalue weighted by atomic mass is 32.1. The van der Waals surface area contributed by atoms with Crippen LogP contribution >= 0.6 is 11.3 Å². The highest BCUT2D eigenvalue weighted by Gasteiger charge is 2.11. The van der Waals surface area contributed by atoms with E-state index in [-0.39, 0.29) is 0 Å². The van der Waals surface area contributed by atoms with Crippen molar-refractivity contribution in [3.8, 4) is 11.3 Å². The molecular formula is C13H10N2O2S. The van der Waals surface area contributed by atoms with E-state index in [2.05, 4.69) is 11.1 Å². The number of benzene rings is 1. The number of hydrogen-bond acceptors (Lipinski definition) is 3. The molecule has 5 heteroatoms. The van der Waals surface area contributed by atoms with E-state index in [0.29, 0.717) is 9.84 Å². The molecule has 0 aliphatic heterocycles. The van der Waals surface area contributed by atoms with E-state index >= 15 is 0 Å². The summed E-state index contributed by atoms with van der Waals surface area (Å²) < 4.78 is 1.76. The highest BCUT2D eigenvalue weighted by molar-refractivity contribution is 7.18. The van der Waals surface area contributed by atoms with Gasteiger partial charge in [0, 0.05) is 18.0 Å². The predicted molar refractivity (Wildman–Crippen MR) is 70.2 cm³/mol. The number of fused-ring (bicyclic) bond motifs is 1. The molecule has 0 atom stereocenters. The number of nitrogens with zero attached hydrogens (tertiary/aromatic N) is 2. The van der Waals surface area contributed by atoms with Gasteiger partial charge in [0.1, 0.15) is 4.88 Å². The zero-order chi connectivity index (χ0) is 12.7. The molecule has 0 aliphatic rings. The second-order valence-electron chi connectivity index (χ2n) is 4.09. The van der Waals surface area contributed by atoms with Crippen molar-refractivity contribution in [2.24, 2.45) is 0 Å². The molecule has 4 nitrogen and oxygen atoms in total. The zero-order valence-corrected chi connectivity index (χ0v) is 10.4. The maximum Gasteiger partial charge on any atom is 0.347 e. The van der Waals surface area contributed by atoms with Crippen LogP contribution in [-0.4, -0.2) is 20.5 Å². The number of thiazole rings is 1. The summed E-state index contributed by atoms with van der Waals surface area (Å²) in [5.74, 6) is -0.914. The van der Waals surface area contributed by atoms with Gasteiger partial charge >= 0.3 is 5.97 Å². The van der Waals surface area contributed by atoms with Crippen LogP contribution in [0.4, 0.5) is 0 Å².